The van der Waals surface area contributed by atoms with Gasteiger partial charge in [0, 0.05) is 19.5 Å². The van der Waals surface area contributed by atoms with Crippen LogP contribution in [0.15, 0.2) is 24.3 Å². The Morgan fingerprint density at radius 2 is 1.89 bits per heavy atom. The molecular formula is C20H25FN4OS. The van der Waals surface area contributed by atoms with E-state index in [9.17, 15) is 9.50 Å². The number of piperidine rings is 1. The highest BCUT2D eigenvalue weighted by molar-refractivity contribution is 7.17. The Balaban J connectivity index is 1.81. The topological polar surface area (TPSA) is 53.7 Å². The molecule has 1 saturated heterocycles. The van der Waals surface area contributed by atoms with Gasteiger partial charge >= 0.3 is 0 Å². The van der Waals surface area contributed by atoms with Gasteiger partial charge in [-0.05, 0) is 36.0 Å². The van der Waals surface area contributed by atoms with Crippen LogP contribution in [0.1, 0.15) is 49.5 Å². The summed E-state index contributed by atoms with van der Waals surface area (Å²) in [5.74, 6) is 1.77. The van der Waals surface area contributed by atoms with Crippen LogP contribution in [-0.2, 0) is 6.42 Å². The molecule has 3 heterocycles. The number of aromatic hydroxyl groups is 1. The van der Waals surface area contributed by atoms with Crippen molar-refractivity contribution in [3.05, 3.63) is 46.3 Å². The number of halogens is 1. The fraction of sp³-hybridized carbons (Fsp3) is 0.500. The molecule has 1 aliphatic heterocycles. The number of benzene rings is 1. The Kier molecular flexibility index (Phi) is 4.90. The zero-order valence-electron chi connectivity index (χ0n) is 15.9. The van der Waals surface area contributed by atoms with E-state index >= 15 is 0 Å². The van der Waals surface area contributed by atoms with Crippen molar-refractivity contribution in [2.45, 2.75) is 39.7 Å². The quantitative estimate of drug-likeness (QED) is 0.725. The van der Waals surface area contributed by atoms with Crippen LogP contribution in [0.4, 0.5) is 4.39 Å². The van der Waals surface area contributed by atoms with Crippen molar-refractivity contribution in [2.75, 3.05) is 13.1 Å². The third kappa shape index (κ3) is 3.46. The second-order valence-corrected chi connectivity index (χ2v) is 8.73. The van der Waals surface area contributed by atoms with E-state index in [1.807, 2.05) is 19.1 Å². The number of rotatable bonds is 4. The Hall–Kier alpha value is -1.99. The molecule has 0 unspecified atom stereocenters. The Morgan fingerprint density at radius 1 is 1.22 bits per heavy atom. The van der Waals surface area contributed by atoms with Crippen molar-refractivity contribution in [1.82, 2.24) is 19.5 Å². The normalized spacial score (nSPS) is 22.4. The summed E-state index contributed by atoms with van der Waals surface area (Å²) in [6, 6.07) is 6.48. The van der Waals surface area contributed by atoms with Gasteiger partial charge in [-0.3, -0.25) is 4.90 Å². The van der Waals surface area contributed by atoms with Gasteiger partial charge in [-0.25, -0.2) is 9.37 Å². The zero-order chi connectivity index (χ0) is 19.1. The number of fused-ring (bicyclic) bond motifs is 1. The number of aromatic nitrogens is 3. The van der Waals surface area contributed by atoms with Crippen LogP contribution in [-0.4, -0.2) is 37.7 Å². The summed E-state index contributed by atoms with van der Waals surface area (Å²) in [4.78, 5) is 8.43. The van der Waals surface area contributed by atoms with E-state index in [0.29, 0.717) is 16.8 Å². The van der Waals surface area contributed by atoms with Crippen molar-refractivity contribution in [1.29, 1.82) is 0 Å². The summed E-state index contributed by atoms with van der Waals surface area (Å²) in [6.07, 6.45) is 1.93. The van der Waals surface area contributed by atoms with Crippen LogP contribution in [0.25, 0.3) is 4.96 Å². The molecule has 27 heavy (non-hydrogen) atoms. The third-order valence-electron chi connectivity index (χ3n) is 5.26. The largest absolute Gasteiger partial charge is 0.492 e. The standard InChI is InChI=1S/C20H25FN4OS/c1-4-16-22-20-25(23-16)19(26)18(27-20)17(14-5-7-15(21)8-6-14)24-10-12(2)9-13(3)11-24/h5-8,12-13,17,26H,4,9-11H2,1-3H3/t12-,13-,17-/m0/s1. The zero-order valence-corrected chi connectivity index (χ0v) is 16.7. The first-order valence-electron chi connectivity index (χ1n) is 9.53. The molecule has 0 bridgehead atoms. The highest BCUT2D eigenvalue weighted by Gasteiger charge is 2.33. The molecule has 1 aromatic carbocycles. The van der Waals surface area contributed by atoms with Gasteiger partial charge in [-0.1, -0.05) is 44.2 Å². The highest BCUT2D eigenvalue weighted by atomic mass is 32.1. The van der Waals surface area contributed by atoms with Gasteiger partial charge in [-0.2, -0.15) is 4.52 Å². The van der Waals surface area contributed by atoms with E-state index in [1.165, 1.54) is 34.4 Å². The monoisotopic (exact) mass is 388 g/mol. The molecule has 0 saturated carbocycles. The van der Waals surface area contributed by atoms with Crippen molar-refractivity contribution >= 4 is 16.3 Å². The lowest BCUT2D eigenvalue weighted by Gasteiger charge is -2.40. The summed E-state index contributed by atoms with van der Waals surface area (Å²) in [5.41, 5.74) is 0.980. The van der Waals surface area contributed by atoms with Crippen LogP contribution in [0.5, 0.6) is 5.88 Å². The van der Waals surface area contributed by atoms with Gasteiger partial charge in [0.25, 0.3) is 0 Å². The Morgan fingerprint density at radius 3 is 2.48 bits per heavy atom. The first-order chi connectivity index (χ1) is 13.0. The average Bonchev–Trinajstić information content (AvgIpc) is 3.16. The van der Waals surface area contributed by atoms with E-state index in [2.05, 4.69) is 28.8 Å². The molecule has 2 aromatic heterocycles. The fourth-order valence-electron chi connectivity index (χ4n) is 4.21. The number of likely N-dealkylation sites (tertiary alicyclic amines) is 1. The molecule has 0 spiro atoms. The van der Waals surface area contributed by atoms with E-state index in [-0.39, 0.29) is 17.7 Å². The van der Waals surface area contributed by atoms with Crippen LogP contribution >= 0.6 is 11.3 Å². The van der Waals surface area contributed by atoms with Gasteiger partial charge in [0.2, 0.25) is 10.8 Å². The Bertz CT molecular complexity index is 926. The van der Waals surface area contributed by atoms with Crippen LogP contribution in [0, 0.1) is 17.7 Å². The maximum Gasteiger partial charge on any atom is 0.230 e. The first-order valence-corrected chi connectivity index (χ1v) is 10.3. The Labute approximate surface area is 162 Å². The lowest BCUT2D eigenvalue weighted by atomic mass is 9.89. The molecule has 0 aliphatic carbocycles. The summed E-state index contributed by atoms with van der Waals surface area (Å²) in [6.45, 7) is 8.41. The maximum atomic E-state index is 13.5. The van der Waals surface area contributed by atoms with E-state index in [4.69, 9.17) is 0 Å². The van der Waals surface area contributed by atoms with E-state index < -0.39 is 0 Å². The van der Waals surface area contributed by atoms with Gasteiger partial charge in [-0.15, -0.1) is 5.10 Å². The predicted molar refractivity (Wildman–Crippen MR) is 105 cm³/mol. The molecule has 1 aliphatic rings. The van der Waals surface area contributed by atoms with Crippen molar-refractivity contribution in [3.63, 3.8) is 0 Å². The highest BCUT2D eigenvalue weighted by Crippen LogP contribution is 2.42. The molecular weight excluding hydrogens is 363 g/mol. The number of hydrogen-bond acceptors (Lipinski definition) is 5. The minimum absolute atomic E-state index is 0.130. The number of hydrogen-bond donors (Lipinski definition) is 1. The van der Waals surface area contributed by atoms with E-state index in [0.717, 1.165) is 35.8 Å². The summed E-state index contributed by atoms with van der Waals surface area (Å²) < 4.78 is 15.0. The predicted octanol–water partition coefficient (Wildman–Crippen LogP) is 4.27. The maximum absolute atomic E-state index is 13.5. The van der Waals surface area contributed by atoms with Crippen molar-refractivity contribution in [2.24, 2.45) is 11.8 Å². The molecule has 4 rings (SSSR count). The molecule has 1 fully saturated rings. The van der Waals surface area contributed by atoms with Crippen LogP contribution in [0.3, 0.4) is 0 Å². The first kappa shape index (κ1) is 18.4. The molecule has 0 amide bonds. The SMILES string of the molecule is CCc1nc2sc([C@H](c3ccc(F)cc3)N3C[C@@H](C)C[C@H](C)C3)c(O)n2n1. The smallest absolute Gasteiger partial charge is 0.230 e. The number of nitrogens with zero attached hydrogens (tertiary/aromatic N) is 4. The second-order valence-electron chi connectivity index (χ2n) is 7.72. The van der Waals surface area contributed by atoms with Crippen LogP contribution in [0.2, 0.25) is 0 Å². The number of thiazole rings is 1. The van der Waals surface area contributed by atoms with Crippen LogP contribution < -0.4 is 0 Å². The fourth-order valence-corrected chi connectivity index (χ4v) is 5.35. The van der Waals surface area contributed by atoms with E-state index in [1.54, 1.807) is 0 Å². The lowest BCUT2D eigenvalue weighted by molar-refractivity contribution is 0.112. The van der Waals surface area contributed by atoms with Gasteiger partial charge in [0.15, 0.2) is 5.82 Å². The lowest BCUT2D eigenvalue weighted by Crippen LogP contribution is -2.41. The minimum atomic E-state index is -0.252. The van der Waals surface area contributed by atoms with Gasteiger partial charge < -0.3 is 5.11 Å². The summed E-state index contributed by atoms with van der Waals surface area (Å²) in [7, 11) is 0. The van der Waals surface area contributed by atoms with Gasteiger partial charge in [0.1, 0.15) is 5.82 Å². The molecule has 3 aromatic rings. The molecule has 7 heteroatoms. The summed E-state index contributed by atoms with van der Waals surface area (Å²) in [5, 5.41) is 15.3. The molecule has 5 nitrogen and oxygen atoms in total. The molecule has 1 N–H and O–H groups in total. The molecule has 0 radical (unpaired) electrons. The number of aryl methyl sites for hydroxylation is 1. The third-order valence-corrected chi connectivity index (χ3v) is 6.33. The summed E-state index contributed by atoms with van der Waals surface area (Å²) >= 11 is 1.47. The molecule has 3 atom stereocenters. The average molecular weight is 389 g/mol. The molecule has 144 valence electrons. The minimum Gasteiger partial charge on any atom is -0.492 e. The van der Waals surface area contributed by atoms with Crippen molar-refractivity contribution in [3.8, 4) is 5.88 Å². The van der Waals surface area contributed by atoms with Gasteiger partial charge in [0.05, 0.1) is 10.9 Å². The second kappa shape index (κ2) is 7.20. The van der Waals surface area contributed by atoms with Crippen molar-refractivity contribution < 1.29 is 9.50 Å².